The first-order valence-corrected chi connectivity index (χ1v) is 11.0. The number of phenolic OH excluding ortho intramolecular Hbond substituents is 1. The average molecular weight is 643 g/mol. The van der Waals surface area contributed by atoms with Crippen molar-refractivity contribution in [2.45, 2.75) is 6.61 Å². The van der Waals surface area contributed by atoms with E-state index < -0.39 is 10.8 Å². The second-order valence-corrected chi connectivity index (χ2v) is 8.57. The van der Waals surface area contributed by atoms with Gasteiger partial charge in [0.2, 0.25) is 0 Å². The fraction of sp³-hybridized carbons (Fsp3) is 0.0476. The molecule has 0 saturated carbocycles. The number of hydrogen-bond donors (Lipinski definition) is 2. The minimum atomic E-state index is -0.512. The molecule has 0 spiro atoms. The lowest BCUT2D eigenvalue weighted by Crippen LogP contribution is -2.17. The highest BCUT2D eigenvalue weighted by Crippen LogP contribution is 2.29. The number of hydrogen-bond acceptors (Lipinski definition) is 6. The van der Waals surface area contributed by atoms with Crippen molar-refractivity contribution in [2.75, 3.05) is 0 Å². The number of rotatable bonds is 7. The Morgan fingerprint density at radius 3 is 2.39 bits per heavy atom. The Bertz CT molecular complexity index is 1130. The van der Waals surface area contributed by atoms with E-state index in [9.17, 15) is 20.0 Å². The van der Waals surface area contributed by atoms with Crippen LogP contribution in [0, 0.1) is 17.3 Å². The molecule has 3 aromatic rings. The predicted octanol–water partition coefficient (Wildman–Crippen LogP) is 4.85. The SMILES string of the molecule is O=C(N/N=C/c1cc(I)c(OCc2ccc([N+](=O)[O-])cc2)c(I)c1)c1ccccc1O. The van der Waals surface area contributed by atoms with E-state index in [1.165, 1.54) is 30.5 Å². The highest BCUT2D eigenvalue weighted by Gasteiger charge is 2.11. The number of hydrazone groups is 1. The zero-order chi connectivity index (χ0) is 22.4. The number of nitro benzene ring substituents is 1. The van der Waals surface area contributed by atoms with Crippen molar-refractivity contribution in [3.8, 4) is 11.5 Å². The smallest absolute Gasteiger partial charge is 0.275 e. The number of carbonyl (C=O) groups excluding carboxylic acids is 1. The zero-order valence-corrected chi connectivity index (χ0v) is 20.1. The van der Waals surface area contributed by atoms with Crippen LogP contribution in [0.5, 0.6) is 11.5 Å². The van der Waals surface area contributed by atoms with E-state index in [-0.39, 0.29) is 23.6 Å². The highest BCUT2D eigenvalue weighted by atomic mass is 127. The number of nitrogens with zero attached hydrogens (tertiary/aromatic N) is 2. The quantitative estimate of drug-likeness (QED) is 0.166. The van der Waals surface area contributed by atoms with Crippen LogP contribution in [0.4, 0.5) is 5.69 Å². The van der Waals surface area contributed by atoms with Crippen LogP contribution in [-0.2, 0) is 6.61 Å². The van der Waals surface area contributed by atoms with Gasteiger partial charge in [-0.05, 0) is 92.7 Å². The van der Waals surface area contributed by atoms with E-state index in [2.05, 4.69) is 55.7 Å². The predicted molar refractivity (Wildman–Crippen MR) is 132 cm³/mol. The molecule has 0 bridgehead atoms. The first kappa shape index (κ1) is 22.9. The molecule has 0 atom stereocenters. The number of carbonyl (C=O) groups is 1. The van der Waals surface area contributed by atoms with Gasteiger partial charge >= 0.3 is 0 Å². The van der Waals surface area contributed by atoms with Gasteiger partial charge in [0.05, 0.1) is 23.8 Å². The summed E-state index contributed by atoms with van der Waals surface area (Å²) in [5.74, 6) is 0.0607. The van der Waals surface area contributed by atoms with Crippen molar-refractivity contribution in [3.63, 3.8) is 0 Å². The summed E-state index contributed by atoms with van der Waals surface area (Å²) >= 11 is 4.29. The summed E-state index contributed by atoms with van der Waals surface area (Å²) in [4.78, 5) is 22.4. The molecule has 0 aliphatic carbocycles. The number of nitrogens with one attached hydrogen (secondary N) is 1. The van der Waals surface area contributed by atoms with E-state index in [0.29, 0.717) is 5.75 Å². The number of benzene rings is 3. The molecule has 0 radical (unpaired) electrons. The number of amides is 1. The maximum Gasteiger partial charge on any atom is 0.275 e. The van der Waals surface area contributed by atoms with Crippen molar-refractivity contribution < 1.29 is 19.6 Å². The largest absolute Gasteiger partial charge is 0.507 e. The van der Waals surface area contributed by atoms with E-state index >= 15 is 0 Å². The molecule has 0 saturated heterocycles. The second-order valence-electron chi connectivity index (χ2n) is 6.24. The van der Waals surface area contributed by atoms with E-state index in [1.54, 1.807) is 24.3 Å². The number of nitro groups is 1. The Morgan fingerprint density at radius 2 is 1.77 bits per heavy atom. The lowest BCUT2D eigenvalue weighted by molar-refractivity contribution is -0.384. The minimum absolute atomic E-state index is 0.0334. The minimum Gasteiger partial charge on any atom is -0.507 e. The number of ether oxygens (including phenoxy) is 1. The normalized spacial score (nSPS) is 10.8. The molecule has 31 heavy (non-hydrogen) atoms. The van der Waals surface area contributed by atoms with Crippen LogP contribution < -0.4 is 10.2 Å². The van der Waals surface area contributed by atoms with Gasteiger partial charge in [-0.3, -0.25) is 14.9 Å². The standard InChI is InChI=1S/C21H15I2N3O5/c22-17-9-14(11-24-25-21(28)16-3-1-2-4-19(16)27)10-18(23)20(17)31-12-13-5-7-15(8-6-13)26(29)30/h1-11,27H,12H2,(H,25,28)/b24-11+. The Kier molecular flexibility index (Phi) is 7.79. The molecular formula is C21H15I2N3O5. The van der Waals surface area contributed by atoms with Crippen LogP contribution in [0.15, 0.2) is 65.8 Å². The monoisotopic (exact) mass is 643 g/mol. The summed E-state index contributed by atoms with van der Waals surface area (Å²) in [5, 5.41) is 24.4. The van der Waals surface area contributed by atoms with Gasteiger partial charge in [0.1, 0.15) is 18.1 Å². The molecule has 158 valence electrons. The summed E-state index contributed by atoms with van der Waals surface area (Å²) in [7, 11) is 0. The van der Waals surface area contributed by atoms with Crippen molar-refractivity contribution in [1.29, 1.82) is 0 Å². The van der Waals surface area contributed by atoms with Crippen LogP contribution in [0.2, 0.25) is 0 Å². The summed E-state index contributed by atoms with van der Waals surface area (Å²) in [5.41, 5.74) is 4.13. The highest BCUT2D eigenvalue weighted by molar-refractivity contribution is 14.1. The molecule has 0 aliphatic rings. The number of aromatic hydroxyl groups is 1. The third-order valence-electron chi connectivity index (χ3n) is 4.08. The summed E-state index contributed by atoms with van der Waals surface area (Å²) in [6, 6.07) is 16.1. The van der Waals surface area contributed by atoms with Gasteiger partial charge in [-0.2, -0.15) is 5.10 Å². The first-order valence-electron chi connectivity index (χ1n) is 8.81. The van der Waals surface area contributed by atoms with Gasteiger partial charge in [0, 0.05) is 12.1 Å². The Balaban J connectivity index is 1.64. The zero-order valence-electron chi connectivity index (χ0n) is 15.8. The number of para-hydroxylation sites is 1. The molecule has 1 amide bonds. The molecule has 0 aromatic heterocycles. The molecule has 3 aromatic carbocycles. The van der Waals surface area contributed by atoms with Crippen molar-refractivity contribution >= 4 is 63.0 Å². The Labute approximate surface area is 204 Å². The van der Waals surface area contributed by atoms with Crippen molar-refractivity contribution in [1.82, 2.24) is 5.43 Å². The fourth-order valence-corrected chi connectivity index (χ4v) is 4.68. The van der Waals surface area contributed by atoms with E-state index in [1.807, 2.05) is 12.1 Å². The molecule has 3 rings (SSSR count). The van der Waals surface area contributed by atoms with Crippen molar-refractivity contribution in [2.24, 2.45) is 5.10 Å². The number of phenols is 1. The van der Waals surface area contributed by atoms with Gasteiger partial charge in [0.15, 0.2) is 0 Å². The van der Waals surface area contributed by atoms with Crippen LogP contribution in [0.25, 0.3) is 0 Å². The average Bonchev–Trinajstić information content (AvgIpc) is 2.73. The van der Waals surface area contributed by atoms with Crippen LogP contribution in [-0.4, -0.2) is 22.2 Å². The lowest BCUT2D eigenvalue weighted by atomic mass is 10.2. The molecule has 2 N–H and O–H groups in total. The maximum absolute atomic E-state index is 12.1. The molecule has 10 heteroatoms. The van der Waals surface area contributed by atoms with Gasteiger partial charge in [0.25, 0.3) is 11.6 Å². The maximum atomic E-state index is 12.1. The van der Waals surface area contributed by atoms with E-state index in [4.69, 9.17) is 4.74 Å². The molecule has 0 heterocycles. The molecule has 0 aliphatic heterocycles. The molecular weight excluding hydrogens is 628 g/mol. The van der Waals surface area contributed by atoms with Gasteiger partial charge in [-0.1, -0.05) is 12.1 Å². The third-order valence-corrected chi connectivity index (χ3v) is 5.68. The Hall–Kier alpha value is -2.74. The molecule has 0 unspecified atom stereocenters. The van der Waals surface area contributed by atoms with Crippen molar-refractivity contribution in [3.05, 3.63) is 94.6 Å². The van der Waals surface area contributed by atoms with E-state index in [0.717, 1.165) is 18.3 Å². The van der Waals surface area contributed by atoms with Crippen LogP contribution in [0.3, 0.4) is 0 Å². The molecule has 0 fully saturated rings. The first-order chi connectivity index (χ1) is 14.8. The van der Waals surface area contributed by atoms with Gasteiger partial charge in [-0.25, -0.2) is 5.43 Å². The lowest BCUT2D eigenvalue weighted by Gasteiger charge is -2.11. The van der Waals surface area contributed by atoms with Gasteiger partial charge in [-0.15, -0.1) is 0 Å². The third kappa shape index (κ3) is 6.13. The Morgan fingerprint density at radius 1 is 1.13 bits per heavy atom. The van der Waals surface area contributed by atoms with Crippen LogP contribution in [0.1, 0.15) is 21.5 Å². The van der Waals surface area contributed by atoms with Gasteiger partial charge < -0.3 is 9.84 Å². The summed E-state index contributed by atoms with van der Waals surface area (Å²) in [6.07, 6.45) is 1.50. The molecule has 8 nitrogen and oxygen atoms in total. The summed E-state index contributed by atoms with van der Waals surface area (Å²) < 4.78 is 7.59. The number of halogens is 2. The second kappa shape index (κ2) is 10.5. The number of non-ortho nitro benzene ring substituents is 1. The van der Waals surface area contributed by atoms with Crippen LogP contribution >= 0.6 is 45.2 Å². The summed E-state index contributed by atoms with van der Waals surface area (Å²) in [6.45, 7) is 0.272. The fourth-order valence-electron chi connectivity index (χ4n) is 2.55. The topological polar surface area (TPSA) is 114 Å².